The zero-order chi connectivity index (χ0) is 12.1. The van der Waals surface area contributed by atoms with Gasteiger partial charge in [-0.2, -0.15) is 0 Å². The van der Waals surface area contributed by atoms with Crippen LogP contribution in [0.15, 0.2) is 17.0 Å². The summed E-state index contributed by atoms with van der Waals surface area (Å²) in [5.74, 6) is 1.63. The summed E-state index contributed by atoms with van der Waals surface area (Å²) in [4.78, 5) is 8.51. The van der Waals surface area contributed by atoms with E-state index < -0.39 is 0 Å². The molecule has 0 aliphatic heterocycles. The molecule has 0 atom stereocenters. The van der Waals surface area contributed by atoms with Crippen LogP contribution >= 0.6 is 15.9 Å². The molecule has 2 rings (SSSR count). The number of halogens is 1. The van der Waals surface area contributed by atoms with Crippen molar-refractivity contribution < 1.29 is 0 Å². The molecule has 2 nitrogen and oxygen atoms in total. The van der Waals surface area contributed by atoms with Gasteiger partial charge in [0, 0.05) is 11.6 Å². The van der Waals surface area contributed by atoms with Crippen molar-refractivity contribution in [2.45, 2.75) is 57.8 Å². The Morgan fingerprint density at radius 3 is 2.65 bits per heavy atom. The third-order valence-corrected chi connectivity index (χ3v) is 4.32. The molecule has 0 aromatic carbocycles. The van der Waals surface area contributed by atoms with Crippen LogP contribution in [0.5, 0.6) is 0 Å². The number of unbranched alkanes of at least 4 members (excludes halogenated alkanes) is 1. The summed E-state index contributed by atoms with van der Waals surface area (Å²) in [6, 6.07) is 2.08. The average Bonchev–Trinajstić information content (AvgIpc) is 2.37. The largest absolute Gasteiger partial charge is 0.241 e. The number of hydrogen-bond donors (Lipinski definition) is 0. The lowest BCUT2D eigenvalue weighted by Crippen LogP contribution is -2.14. The van der Waals surface area contributed by atoms with Crippen LogP contribution in [0.4, 0.5) is 0 Å². The first-order chi connectivity index (χ1) is 8.29. The molecule has 17 heavy (non-hydrogen) atoms. The predicted molar refractivity (Wildman–Crippen MR) is 74.0 cm³/mol. The second-order valence-corrected chi connectivity index (χ2v) is 5.94. The third-order valence-electron chi connectivity index (χ3n) is 3.89. The lowest BCUT2D eigenvalue weighted by atomic mass is 9.78. The zero-order valence-electron chi connectivity index (χ0n) is 10.5. The van der Waals surface area contributed by atoms with Crippen molar-refractivity contribution in [3.05, 3.63) is 22.7 Å². The Morgan fingerprint density at radius 2 is 2.00 bits per heavy atom. The molecule has 0 amide bonds. The quantitative estimate of drug-likeness (QED) is 0.753. The monoisotopic (exact) mass is 296 g/mol. The van der Waals surface area contributed by atoms with Crippen molar-refractivity contribution in [3.8, 4) is 0 Å². The van der Waals surface area contributed by atoms with Crippen LogP contribution in [0.25, 0.3) is 0 Å². The molecule has 0 radical (unpaired) electrons. The first kappa shape index (κ1) is 13.0. The summed E-state index contributed by atoms with van der Waals surface area (Å²) in [6.45, 7) is 2.28. The van der Waals surface area contributed by atoms with E-state index in [1.807, 2.05) is 0 Å². The molecule has 0 saturated heterocycles. The molecule has 0 bridgehead atoms. The molecule has 1 aliphatic rings. The smallest absolute Gasteiger partial charge is 0.116 e. The molecule has 1 saturated carbocycles. The number of rotatable bonds is 4. The topological polar surface area (TPSA) is 25.8 Å². The van der Waals surface area contributed by atoms with Gasteiger partial charge in [-0.15, -0.1) is 0 Å². The first-order valence-corrected chi connectivity index (χ1v) is 7.56. The molecule has 3 heteroatoms. The van der Waals surface area contributed by atoms with Gasteiger partial charge in [-0.05, 0) is 53.6 Å². The van der Waals surface area contributed by atoms with E-state index in [4.69, 9.17) is 0 Å². The lowest BCUT2D eigenvalue weighted by molar-refractivity contribution is 0.301. The van der Waals surface area contributed by atoms with Crippen LogP contribution in [0, 0.1) is 5.92 Å². The fourth-order valence-electron chi connectivity index (χ4n) is 2.81. The lowest BCUT2D eigenvalue weighted by Gasteiger charge is -2.28. The summed E-state index contributed by atoms with van der Waals surface area (Å²) in [7, 11) is 0. The summed E-state index contributed by atoms with van der Waals surface area (Å²) in [5, 5.41) is 0. The molecule has 0 spiro atoms. The van der Waals surface area contributed by atoms with Gasteiger partial charge in [0.15, 0.2) is 0 Å². The zero-order valence-corrected chi connectivity index (χ0v) is 12.1. The van der Waals surface area contributed by atoms with Crippen LogP contribution in [-0.2, 0) is 0 Å². The van der Waals surface area contributed by atoms with Crippen molar-refractivity contribution in [1.29, 1.82) is 0 Å². The summed E-state index contributed by atoms with van der Waals surface area (Å²) < 4.78 is 0.913. The van der Waals surface area contributed by atoms with E-state index in [1.165, 1.54) is 50.6 Å². The molecule has 1 aromatic rings. The molecule has 1 heterocycles. The Morgan fingerprint density at radius 1 is 1.24 bits per heavy atom. The standard InChI is InChI=1S/C14H21BrN2/c1-2-3-4-11-5-7-12(8-6-11)13-9-14(15)17-10-16-13/h9-12H,2-8H2,1H3. The van der Waals surface area contributed by atoms with Gasteiger partial charge in [-0.1, -0.05) is 26.2 Å². The molecule has 1 aliphatic carbocycles. The Balaban J connectivity index is 1.86. The maximum atomic E-state index is 4.41. The maximum Gasteiger partial charge on any atom is 0.116 e. The van der Waals surface area contributed by atoms with Gasteiger partial charge in [-0.3, -0.25) is 0 Å². The Hall–Kier alpha value is -0.440. The van der Waals surface area contributed by atoms with Crippen molar-refractivity contribution in [1.82, 2.24) is 9.97 Å². The summed E-state index contributed by atoms with van der Waals surface area (Å²) in [6.07, 6.45) is 11.2. The van der Waals surface area contributed by atoms with Gasteiger partial charge < -0.3 is 0 Å². The van der Waals surface area contributed by atoms with E-state index in [0.717, 1.165) is 10.5 Å². The van der Waals surface area contributed by atoms with Gasteiger partial charge in [0.05, 0.1) is 0 Å². The van der Waals surface area contributed by atoms with E-state index in [9.17, 15) is 0 Å². The van der Waals surface area contributed by atoms with Crippen LogP contribution < -0.4 is 0 Å². The van der Waals surface area contributed by atoms with Crippen molar-refractivity contribution in [2.24, 2.45) is 5.92 Å². The molecule has 0 unspecified atom stereocenters. The minimum atomic E-state index is 0.659. The van der Waals surface area contributed by atoms with Gasteiger partial charge in [0.1, 0.15) is 10.9 Å². The number of hydrogen-bond acceptors (Lipinski definition) is 2. The number of aromatic nitrogens is 2. The minimum Gasteiger partial charge on any atom is -0.241 e. The van der Waals surface area contributed by atoms with Crippen LogP contribution in [0.2, 0.25) is 0 Å². The highest BCUT2D eigenvalue weighted by atomic mass is 79.9. The van der Waals surface area contributed by atoms with E-state index in [1.54, 1.807) is 6.33 Å². The fraction of sp³-hybridized carbons (Fsp3) is 0.714. The van der Waals surface area contributed by atoms with Crippen molar-refractivity contribution in [2.75, 3.05) is 0 Å². The average molecular weight is 297 g/mol. The first-order valence-electron chi connectivity index (χ1n) is 6.77. The normalized spacial score (nSPS) is 24.8. The van der Waals surface area contributed by atoms with Crippen molar-refractivity contribution in [3.63, 3.8) is 0 Å². The summed E-state index contributed by atoms with van der Waals surface area (Å²) >= 11 is 3.42. The van der Waals surface area contributed by atoms with Crippen LogP contribution in [-0.4, -0.2) is 9.97 Å². The van der Waals surface area contributed by atoms with E-state index in [2.05, 4.69) is 38.9 Å². The van der Waals surface area contributed by atoms with Crippen LogP contribution in [0.1, 0.15) is 63.5 Å². The molecular weight excluding hydrogens is 276 g/mol. The van der Waals surface area contributed by atoms with E-state index in [0.29, 0.717) is 5.92 Å². The molecule has 94 valence electrons. The molecule has 0 N–H and O–H groups in total. The summed E-state index contributed by atoms with van der Waals surface area (Å²) in [5.41, 5.74) is 1.22. The third kappa shape index (κ3) is 3.77. The molecule has 1 aromatic heterocycles. The predicted octanol–water partition coefficient (Wildman–Crippen LogP) is 4.70. The van der Waals surface area contributed by atoms with Gasteiger partial charge >= 0.3 is 0 Å². The van der Waals surface area contributed by atoms with E-state index >= 15 is 0 Å². The SMILES string of the molecule is CCCCC1CCC(c2cc(Br)ncn2)CC1. The highest BCUT2D eigenvalue weighted by molar-refractivity contribution is 9.10. The number of nitrogens with zero attached hydrogens (tertiary/aromatic N) is 2. The highest BCUT2D eigenvalue weighted by Crippen LogP contribution is 2.37. The van der Waals surface area contributed by atoms with Gasteiger partial charge in [-0.25, -0.2) is 9.97 Å². The van der Waals surface area contributed by atoms with Crippen LogP contribution in [0.3, 0.4) is 0 Å². The molecule has 1 fully saturated rings. The van der Waals surface area contributed by atoms with Gasteiger partial charge in [0.25, 0.3) is 0 Å². The van der Waals surface area contributed by atoms with Gasteiger partial charge in [0.2, 0.25) is 0 Å². The Bertz CT molecular complexity index is 346. The Labute approximate surface area is 112 Å². The minimum absolute atomic E-state index is 0.659. The fourth-order valence-corrected chi connectivity index (χ4v) is 3.14. The maximum absolute atomic E-state index is 4.41. The molecular formula is C14H21BrN2. The van der Waals surface area contributed by atoms with Crippen molar-refractivity contribution >= 4 is 15.9 Å². The Kier molecular flexibility index (Phi) is 4.96. The van der Waals surface area contributed by atoms with E-state index in [-0.39, 0.29) is 0 Å². The second kappa shape index (κ2) is 6.48. The second-order valence-electron chi connectivity index (χ2n) is 5.13. The highest BCUT2D eigenvalue weighted by Gasteiger charge is 2.22.